The number of hydrogen-bond donors (Lipinski definition) is 1. The molecule has 0 aliphatic rings. The zero-order chi connectivity index (χ0) is 20.8. The van der Waals surface area contributed by atoms with Gasteiger partial charge in [-0.1, -0.05) is 35.5 Å². The summed E-state index contributed by atoms with van der Waals surface area (Å²) in [7, 11) is 3.12. The minimum atomic E-state index is -0.184. The lowest BCUT2D eigenvalue weighted by molar-refractivity contribution is -0.113. The molecular weight excluding hydrogens is 412 g/mol. The average molecular weight is 433 g/mol. The summed E-state index contributed by atoms with van der Waals surface area (Å²) in [6.45, 7) is 2.67. The first kappa shape index (κ1) is 21.0. The van der Waals surface area contributed by atoms with Gasteiger partial charge in [-0.3, -0.25) is 4.79 Å². The summed E-state index contributed by atoms with van der Waals surface area (Å²) >= 11 is 7.40. The Morgan fingerprint density at radius 1 is 1.17 bits per heavy atom. The number of hydrogen-bond acceptors (Lipinski definition) is 6. The number of nitrogens with one attached hydrogen (secondary N) is 1. The van der Waals surface area contributed by atoms with E-state index in [0.717, 1.165) is 5.56 Å². The summed E-state index contributed by atoms with van der Waals surface area (Å²) in [5, 5.41) is 12.7. The molecule has 1 N–H and O–H groups in total. The second-order valence-corrected chi connectivity index (χ2v) is 7.34. The van der Waals surface area contributed by atoms with Crippen molar-refractivity contribution in [2.24, 2.45) is 0 Å². The molecule has 3 aromatic rings. The molecule has 1 aromatic heterocycles. The SMILES string of the molecule is CCn1c(SCC(=O)Nc2cc(OC)ccc2OC)nnc1-c1cccc(Cl)c1. The molecule has 0 spiro atoms. The van der Waals surface area contributed by atoms with Gasteiger partial charge in [0.2, 0.25) is 5.91 Å². The summed E-state index contributed by atoms with van der Waals surface area (Å²) in [5.41, 5.74) is 1.43. The predicted molar refractivity (Wildman–Crippen MR) is 115 cm³/mol. The molecule has 3 rings (SSSR count). The van der Waals surface area contributed by atoms with Crippen molar-refractivity contribution in [2.75, 3.05) is 25.3 Å². The van der Waals surface area contributed by atoms with Gasteiger partial charge in [0.15, 0.2) is 11.0 Å². The summed E-state index contributed by atoms with van der Waals surface area (Å²) in [4.78, 5) is 12.5. The second-order valence-electron chi connectivity index (χ2n) is 5.96. The van der Waals surface area contributed by atoms with E-state index in [4.69, 9.17) is 21.1 Å². The van der Waals surface area contributed by atoms with Gasteiger partial charge in [0.25, 0.3) is 0 Å². The molecule has 0 saturated heterocycles. The van der Waals surface area contributed by atoms with E-state index in [1.807, 2.05) is 35.8 Å². The minimum absolute atomic E-state index is 0.175. The Morgan fingerprint density at radius 2 is 2.00 bits per heavy atom. The molecule has 0 unspecified atom stereocenters. The lowest BCUT2D eigenvalue weighted by Gasteiger charge is -2.12. The lowest BCUT2D eigenvalue weighted by Crippen LogP contribution is -2.15. The number of halogens is 1. The van der Waals surface area contributed by atoms with Crippen molar-refractivity contribution >= 4 is 35.0 Å². The maximum atomic E-state index is 12.5. The molecule has 0 bridgehead atoms. The normalized spacial score (nSPS) is 10.6. The van der Waals surface area contributed by atoms with E-state index in [2.05, 4.69) is 15.5 Å². The van der Waals surface area contributed by atoms with Crippen LogP contribution in [0.15, 0.2) is 47.6 Å². The number of carbonyl (C=O) groups is 1. The van der Waals surface area contributed by atoms with Gasteiger partial charge in [0.1, 0.15) is 11.5 Å². The molecule has 2 aromatic carbocycles. The van der Waals surface area contributed by atoms with E-state index < -0.39 is 0 Å². The number of benzene rings is 2. The number of rotatable bonds is 8. The third kappa shape index (κ3) is 5.02. The van der Waals surface area contributed by atoms with Crippen LogP contribution in [0.5, 0.6) is 11.5 Å². The van der Waals surface area contributed by atoms with Crippen LogP contribution < -0.4 is 14.8 Å². The Kier molecular flexibility index (Phi) is 7.00. The Balaban J connectivity index is 1.71. The summed E-state index contributed by atoms with van der Waals surface area (Å²) in [5.74, 6) is 1.90. The summed E-state index contributed by atoms with van der Waals surface area (Å²) in [6.07, 6.45) is 0. The van der Waals surface area contributed by atoms with Crippen LogP contribution in [-0.4, -0.2) is 40.6 Å². The van der Waals surface area contributed by atoms with Gasteiger partial charge in [0.05, 0.1) is 25.7 Å². The first-order chi connectivity index (χ1) is 14.0. The fraction of sp³-hybridized carbons (Fsp3) is 0.250. The van der Waals surface area contributed by atoms with Crippen LogP contribution >= 0.6 is 23.4 Å². The third-order valence-corrected chi connectivity index (χ3v) is 5.33. The number of aromatic nitrogens is 3. The van der Waals surface area contributed by atoms with Gasteiger partial charge in [-0.25, -0.2) is 0 Å². The molecule has 7 nitrogen and oxygen atoms in total. The van der Waals surface area contributed by atoms with E-state index in [1.54, 1.807) is 32.4 Å². The van der Waals surface area contributed by atoms with Gasteiger partial charge >= 0.3 is 0 Å². The molecule has 29 heavy (non-hydrogen) atoms. The van der Waals surface area contributed by atoms with Gasteiger partial charge in [-0.15, -0.1) is 10.2 Å². The van der Waals surface area contributed by atoms with Crippen LogP contribution in [0.3, 0.4) is 0 Å². The molecule has 1 heterocycles. The van der Waals surface area contributed by atoms with Crippen molar-refractivity contribution in [2.45, 2.75) is 18.6 Å². The Hall–Kier alpha value is -2.71. The van der Waals surface area contributed by atoms with E-state index in [1.165, 1.54) is 11.8 Å². The molecule has 9 heteroatoms. The van der Waals surface area contributed by atoms with Crippen LogP contribution in [0.2, 0.25) is 5.02 Å². The smallest absolute Gasteiger partial charge is 0.234 e. The summed E-state index contributed by atoms with van der Waals surface area (Å²) < 4.78 is 12.5. The molecule has 1 amide bonds. The van der Waals surface area contributed by atoms with Crippen molar-refractivity contribution in [3.05, 3.63) is 47.5 Å². The van der Waals surface area contributed by atoms with E-state index in [-0.39, 0.29) is 11.7 Å². The van der Waals surface area contributed by atoms with E-state index >= 15 is 0 Å². The first-order valence-corrected chi connectivity index (χ1v) is 10.3. The largest absolute Gasteiger partial charge is 0.497 e. The van der Waals surface area contributed by atoms with Crippen molar-refractivity contribution in [3.8, 4) is 22.9 Å². The monoisotopic (exact) mass is 432 g/mol. The van der Waals surface area contributed by atoms with Crippen LogP contribution in [0.25, 0.3) is 11.4 Å². The van der Waals surface area contributed by atoms with Crippen molar-refractivity contribution < 1.29 is 14.3 Å². The quantitative estimate of drug-likeness (QED) is 0.532. The number of methoxy groups -OCH3 is 2. The van der Waals surface area contributed by atoms with Gasteiger partial charge < -0.3 is 19.4 Å². The predicted octanol–water partition coefficient (Wildman–Crippen LogP) is 4.37. The van der Waals surface area contributed by atoms with Gasteiger partial charge in [0, 0.05) is 23.2 Å². The number of ether oxygens (including phenoxy) is 2. The van der Waals surface area contributed by atoms with Crippen LogP contribution in [-0.2, 0) is 11.3 Å². The number of nitrogens with zero attached hydrogens (tertiary/aromatic N) is 3. The molecule has 152 valence electrons. The number of thioether (sulfide) groups is 1. The highest BCUT2D eigenvalue weighted by Gasteiger charge is 2.16. The molecule has 0 aliphatic heterocycles. The fourth-order valence-corrected chi connectivity index (χ4v) is 3.74. The minimum Gasteiger partial charge on any atom is -0.497 e. The van der Waals surface area contributed by atoms with Gasteiger partial charge in [-0.05, 0) is 31.2 Å². The maximum absolute atomic E-state index is 12.5. The van der Waals surface area contributed by atoms with E-state index in [0.29, 0.717) is 39.7 Å². The van der Waals surface area contributed by atoms with Crippen LogP contribution in [0.1, 0.15) is 6.92 Å². The molecule has 0 radical (unpaired) electrons. The molecule has 0 aliphatic carbocycles. The lowest BCUT2D eigenvalue weighted by atomic mass is 10.2. The van der Waals surface area contributed by atoms with Crippen molar-refractivity contribution in [1.82, 2.24) is 14.8 Å². The van der Waals surface area contributed by atoms with Gasteiger partial charge in [-0.2, -0.15) is 0 Å². The zero-order valence-electron chi connectivity index (χ0n) is 16.3. The molecule has 0 saturated carbocycles. The van der Waals surface area contributed by atoms with Crippen LogP contribution in [0, 0.1) is 0 Å². The Bertz CT molecular complexity index is 1010. The molecule has 0 atom stereocenters. The highest BCUT2D eigenvalue weighted by molar-refractivity contribution is 7.99. The molecular formula is C20H21ClN4O3S. The third-order valence-electron chi connectivity index (χ3n) is 4.13. The Morgan fingerprint density at radius 3 is 2.69 bits per heavy atom. The second kappa shape index (κ2) is 9.67. The molecule has 0 fully saturated rings. The zero-order valence-corrected chi connectivity index (χ0v) is 17.9. The Labute approximate surface area is 178 Å². The maximum Gasteiger partial charge on any atom is 0.234 e. The van der Waals surface area contributed by atoms with Crippen LogP contribution in [0.4, 0.5) is 5.69 Å². The number of anilines is 1. The number of amides is 1. The number of carbonyl (C=O) groups excluding carboxylic acids is 1. The van der Waals surface area contributed by atoms with Crippen molar-refractivity contribution in [1.29, 1.82) is 0 Å². The topological polar surface area (TPSA) is 78.3 Å². The first-order valence-electron chi connectivity index (χ1n) is 8.89. The highest BCUT2D eigenvalue weighted by atomic mass is 35.5. The van der Waals surface area contributed by atoms with Crippen molar-refractivity contribution in [3.63, 3.8) is 0 Å². The highest BCUT2D eigenvalue weighted by Crippen LogP contribution is 2.30. The summed E-state index contributed by atoms with van der Waals surface area (Å²) in [6, 6.07) is 12.7. The fourth-order valence-electron chi connectivity index (χ4n) is 2.75. The van der Waals surface area contributed by atoms with E-state index in [9.17, 15) is 4.79 Å². The average Bonchev–Trinajstić information content (AvgIpc) is 3.15. The standard InChI is InChI=1S/C20H21ClN4O3S/c1-4-25-19(13-6-5-7-14(21)10-13)23-24-20(25)29-12-18(26)22-16-11-15(27-2)8-9-17(16)28-3/h5-11H,4,12H2,1-3H3,(H,22,26).